The molecule has 1 saturated heterocycles. The van der Waals surface area contributed by atoms with Crippen molar-refractivity contribution in [1.29, 1.82) is 0 Å². The van der Waals surface area contributed by atoms with Crippen molar-refractivity contribution in [2.75, 3.05) is 12.3 Å². The molecule has 1 aliphatic heterocycles. The van der Waals surface area contributed by atoms with Crippen LogP contribution in [0.15, 0.2) is 0 Å². The second-order valence-corrected chi connectivity index (χ2v) is 6.11. The highest BCUT2D eigenvalue weighted by Gasteiger charge is 2.32. The van der Waals surface area contributed by atoms with E-state index in [-0.39, 0.29) is 11.0 Å². The first kappa shape index (κ1) is 14.6. The number of amides is 1. The minimum atomic E-state index is 0.148. The zero-order chi connectivity index (χ0) is 12.8. The topological polar surface area (TPSA) is 37.4 Å². The number of likely N-dealkylation sites (tertiary alicyclic amines) is 1. The molecule has 0 aromatic heterocycles. The lowest BCUT2D eigenvalue weighted by Gasteiger charge is -2.24. The molecule has 2 unspecified atom stereocenters. The minimum absolute atomic E-state index is 0.148. The molecule has 1 heterocycles. The van der Waals surface area contributed by atoms with Gasteiger partial charge in [-0.05, 0) is 19.3 Å². The van der Waals surface area contributed by atoms with Crippen LogP contribution in [0.4, 0.5) is 0 Å². The average molecular weight is 257 g/mol. The van der Waals surface area contributed by atoms with Crippen LogP contribution in [0, 0.1) is 5.92 Å². The summed E-state index contributed by atoms with van der Waals surface area (Å²) in [6.07, 6.45) is 4.07. The van der Waals surface area contributed by atoms with Crippen molar-refractivity contribution < 1.29 is 9.59 Å². The molecular formula is C13H23NO2S. The van der Waals surface area contributed by atoms with Crippen molar-refractivity contribution in [2.24, 2.45) is 5.92 Å². The molecule has 1 amide bonds. The predicted molar refractivity (Wildman–Crippen MR) is 71.9 cm³/mol. The third-order valence-electron chi connectivity index (χ3n) is 3.27. The maximum absolute atomic E-state index is 11.9. The van der Waals surface area contributed by atoms with Gasteiger partial charge in [0.2, 0.25) is 5.91 Å². The van der Waals surface area contributed by atoms with Crippen molar-refractivity contribution in [3.8, 4) is 0 Å². The molecule has 17 heavy (non-hydrogen) atoms. The van der Waals surface area contributed by atoms with Crippen LogP contribution in [-0.4, -0.2) is 34.3 Å². The Hall–Kier alpha value is -0.510. The number of rotatable bonds is 6. The zero-order valence-electron chi connectivity index (χ0n) is 11.1. The highest BCUT2D eigenvalue weighted by molar-refractivity contribution is 8.13. The van der Waals surface area contributed by atoms with Gasteiger partial charge in [0.05, 0.1) is 0 Å². The fraction of sp³-hybridized carbons (Fsp3) is 0.846. The number of unbranched alkanes of at least 4 members (excludes halogenated alkanes) is 1. The summed E-state index contributed by atoms with van der Waals surface area (Å²) in [4.78, 5) is 24.8. The van der Waals surface area contributed by atoms with Gasteiger partial charge in [0.1, 0.15) is 0 Å². The van der Waals surface area contributed by atoms with Crippen LogP contribution in [0.25, 0.3) is 0 Å². The zero-order valence-corrected chi connectivity index (χ0v) is 11.9. The lowest BCUT2D eigenvalue weighted by molar-refractivity contribution is -0.129. The normalized spacial score (nSPS) is 21.9. The summed E-state index contributed by atoms with van der Waals surface area (Å²) in [5.41, 5.74) is 0. The molecule has 0 saturated carbocycles. The van der Waals surface area contributed by atoms with E-state index in [2.05, 4.69) is 13.8 Å². The van der Waals surface area contributed by atoms with Gasteiger partial charge in [-0.1, -0.05) is 31.5 Å². The number of thioether (sulfide) groups is 1. The molecule has 98 valence electrons. The van der Waals surface area contributed by atoms with E-state index in [0.717, 1.165) is 18.7 Å². The SMILES string of the molecule is CCCCC(C)N1CC(CSC(C)=O)CC1=O. The molecule has 1 fully saturated rings. The van der Waals surface area contributed by atoms with Gasteiger partial charge in [-0.15, -0.1) is 0 Å². The Morgan fingerprint density at radius 3 is 2.88 bits per heavy atom. The number of carbonyl (C=O) groups is 2. The lowest BCUT2D eigenvalue weighted by atomic mass is 10.1. The molecule has 4 heteroatoms. The standard InChI is InChI=1S/C13H23NO2S/c1-4-5-6-10(2)14-8-12(7-13(14)16)9-17-11(3)15/h10,12H,4-9H2,1-3H3. The number of hydrogen-bond acceptors (Lipinski definition) is 3. The van der Waals surface area contributed by atoms with Gasteiger partial charge in [-0.2, -0.15) is 0 Å². The van der Waals surface area contributed by atoms with Crippen molar-refractivity contribution in [2.45, 2.75) is 52.5 Å². The first-order chi connectivity index (χ1) is 8.04. The molecule has 0 aromatic rings. The van der Waals surface area contributed by atoms with Crippen molar-refractivity contribution in [3.05, 3.63) is 0 Å². The molecule has 0 radical (unpaired) electrons. The second kappa shape index (κ2) is 7.04. The summed E-state index contributed by atoms with van der Waals surface area (Å²) in [6.45, 7) is 6.73. The van der Waals surface area contributed by atoms with E-state index in [0.29, 0.717) is 18.4 Å². The van der Waals surface area contributed by atoms with Gasteiger partial charge in [0.15, 0.2) is 5.12 Å². The van der Waals surface area contributed by atoms with E-state index in [1.165, 1.54) is 24.6 Å². The summed E-state index contributed by atoms with van der Waals surface area (Å²) < 4.78 is 0. The molecule has 3 nitrogen and oxygen atoms in total. The maximum atomic E-state index is 11.9. The second-order valence-electron chi connectivity index (χ2n) is 4.91. The number of hydrogen-bond donors (Lipinski definition) is 0. The molecule has 1 rings (SSSR count). The Kier molecular flexibility index (Phi) is 6.03. The highest BCUT2D eigenvalue weighted by Crippen LogP contribution is 2.25. The van der Waals surface area contributed by atoms with E-state index in [9.17, 15) is 9.59 Å². The Bertz CT molecular complexity index is 281. The van der Waals surface area contributed by atoms with E-state index >= 15 is 0 Å². The first-order valence-corrected chi connectivity index (χ1v) is 7.46. The van der Waals surface area contributed by atoms with Crippen LogP contribution < -0.4 is 0 Å². The van der Waals surface area contributed by atoms with E-state index in [1.807, 2.05) is 4.90 Å². The first-order valence-electron chi connectivity index (χ1n) is 6.47. The summed E-state index contributed by atoms with van der Waals surface area (Å²) in [5, 5.41) is 0.148. The minimum Gasteiger partial charge on any atom is -0.340 e. The summed E-state index contributed by atoms with van der Waals surface area (Å²) in [5.74, 6) is 1.42. The molecular weight excluding hydrogens is 234 g/mol. The van der Waals surface area contributed by atoms with Gasteiger partial charge >= 0.3 is 0 Å². The molecule has 0 aliphatic carbocycles. The van der Waals surface area contributed by atoms with Crippen LogP contribution in [0.3, 0.4) is 0 Å². The monoisotopic (exact) mass is 257 g/mol. The van der Waals surface area contributed by atoms with E-state index < -0.39 is 0 Å². The molecule has 0 aromatic carbocycles. The molecule has 0 N–H and O–H groups in total. The fourth-order valence-corrected chi connectivity index (χ4v) is 2.93. The molecule has 1 aliphatic rings. The quantitative estimate of drug-likeness (QED) is 0.734. The van der Waals surface area contributed by atoms with Gasteiger partial charge < -0.3 is 4.90 Å². The molecule has 2 atom stereocenters. The van der Waals surface area contributed by atoms with E-state index in [4.69, 9.17) is 0 Å². The Morgan fingerprint density at radius 1 is 1.59 bits per heavy atom. The van der Waals surface area contributed by atoms with Crippen LogP contribution in [0.2, 0.25) is 0 Å². The maximum Gasteiger partial charge on any atom is 0.223 e. The van der Waals surface area contributed by atoms with Crippen molar-refractivity contribution >= 4 is 22.8 Å². The van der Waals surface area contributed by atoms with Crippen molar-refractivity contribution in [1.82, 2.24) is 4.90 Å². The largest absolute Gasteiger partial charge is 0.340 e. The summed E-state index contributed by atoms with van der Waals surface area (Å²) in [7, 11) is 0. The number of nitrogens with zero attached hydrogens (tertiary/aromatic N) is 1. The summed E-state index contributed by atoms with van der Waals surface area (Å²) >= 11 is 1.34. The van der Waals surface area contributed by atoms with Gasteiger partial charge in [0.25, 0.3) is 0 Å². The third kappa shape index (κ3) is 4.70. The molecule has 0 spiro atoms. The molecule has 0 bridgehead atoms. The smallest absolute Gasteiger partial charge is 0.223 e. The third-order valence-corrected chi connectivity index (χ3v) is 4.31. The van der Waals surface area contributed by atoms with Crippen LogP contribution in [-0.2, 0) is 9.59 Å². The van der Waals surface area contributed by atoms with Crippen LogP contribution in [0.1, 0.15) is 46.5 Å². The van der Waals surface area contributed by atoms with E-state index in [1.54, 1.807) is 6.92 Å². The van der Waals surface area contributed by atoms with Crippen LogP contribution >= 0.6 is 11.8 Å². The predicted octanol–water partition coefficient (Wildman–Crippen LogP) is 2.69. The number of carbonyl (C=O) groups excluding carboxylic acids is 2. The highest BCUT2D eigenvalue weighted by atomic mass is 32.2. The Morgan fingerprint density at radius 2 is 2.29 bits per heavy atom. The summed E-state index contributed by atoms with van der Waals surface area (Å²) in [6, 6.07) is 0.356. The van der Waals surface area contributed by atoms with Gasteiger partial charge in [-0.25, -0.2) is 0 Å². The van der Waals surface area contributed by atoms with Gasteiger partial charge in [0, 0.05) is 31.7 Å². The lowest BCUT2D eigenvalue weighted by Crippen LogP contribution is -2.34. The fourth-order valence-electron chi connectivity index (χ4n) is 2.24. The van der Waals surface area contributed by atoms with Crippen molar-refractivity contribution in [3.63, 3.8) is 0 Å². The van der Waals surface area contributed by atoms with Crippen LogP contribution in [0.5, 0.6) is 0 Å². The van der Waals surface area contributed by atoms with Gasteiger partial charge in [-0.3, -0.25) is 9.59 Å². The Labute approximate surface area is 108 Å². The Balaban J connectivity index is 2.38. The average Bonchev–Trinajstić information content (AvgIpc) is 2.65.